The topological polar surface area (TPSA) is 116 Å². The van der Waals surface area contributed by atoms with E-state index in [2.05, 4.69) is 15.1 Å². The number of nitrogens with zero attached hydrogens (tertiary/aromatic N) is 2. The Morgan fingerprint density at radius 3 is 2.64 bits per heavy atom. The molecule has 0 aliphatic carbocycles. The van der Waals surface area contributed by atoms with Crippen molar-refractivity contribution in [2.24, 2.45) is 0 Å². The largest absolute Gasteiger partial charge is 0.476 e. The smallest absolute Gasteiger partial charge is 0.294 e. The number of aromatic nitrogens is 1. The number of pyridine rings is 1. The van der Waals surface area contributed by atoms with Crippen molar-refractivity contribution < 1.29 is 24.5 Å². The Hall–Kier alpha value is -2.13. The Morgan fingerprint density at radius 2 is 2.00 bits per heavy atom. The zero-order valence-corrected chi connectivity index (χ0v) is 12.6. The van der Waals surface area contributed by atoms with Gasteiger partial charge in [-0.05, 0) is 0 Å². The highest BCUT2D eigenvalue weighted by atomic mass is 17.0. The Balaban J connectivity index is 2.32. The molecule has 0 fully saturated rings. The third-order valence-corrected chi connectivity index (χ3v) is 2.41. The SMILES string of the molecule is CC(C)NCC(O)COc1cccc(OCCO[N+](=O)[O-])n1. The minimum absolute atomic E-state index is 0.00162. The molecule has 1 aromatic rings. The molecule has 0 amide bonds. The highest BCUT2D eigenvalue weighted by Crippen LogP contribution is 2.13. The van der Waals surface area contributed by atoms with Crippen molar-refractivity contribution in [1.82, 2.24) is 10.3 Å². The molecule has 1 rings (SSSR count). The fraction of sp³-hybridized carbons (Fsp3) is 0.615. The molecule has 0 aromatic carbocycles. The summed E-state index contributed by atoms with van der Waals surface area (Å²) in [4.78, 5) is 18.1. The Labute approximate surface area is 128 Å². The van der Waals surface area contributed by atoms with Crippen LogP contribution in [0.1, 0.15) is 13.8 Å². The quantitative estimate of drug-likeness (QED) is 0.342. The maximum Gasteiger partial charge on any atom is 0.294 e. The Morgan fingerprint density at radius 1 is 1.32 bits per heavy atom. The summed E-state index contributed by atoms with van der Waals surface area (Å²) in [5, 5.41) is 21.9. The second-order valence-electron chi connectivity index (χ2n) is 4.75. The molecule has 0 saturated carbocycles. The van der Waals surface area contributed by atoms with E-state index in [9.17, 15) is 15.2 Å². The van der Waals surface area contributed by atoms with Crippen LogP contribution in [0.25, 0.3) is 0 Å². The monoisotopic (exact) mass is 315 g/mol. The maximum absolute atomic E-state index is 9.97. The zero-order chi connectivity index (χ0) is 16.4. The fourth-order valence-corrected chi connectivity index (χ4v) is 1.43. The lowest BCUT2D eigenvalue weighted by Crippen LogP contribution is -2.35. The average Bonchev–Trinajstić information content (AvgIpc) is 2.47. The summed E-state index contributed by atoms with van der Waals surface area (Å²) in [6, 6.07) is 5.18. The summed E-state index contributed by atoms with van der Waals surface area (Å²) < 4.78 is 10.6. The fourth-order valence-electron chi connectivity index (χ4n) is 1.43. The molecule has 22 heavy (non-hydrogen) atoms. The Bertz CT molecular complexity index is 457. The number of hydrogen-bond acceptors (Lipinski definition) is 8. The second kappa shape index (κ2) is 9.74. The van der Waals surface area contributed by atoms with Crippen LogP contribution >= 0.6 is 0 Å². The maximum atomic E-state index is 9.97. The molecular formula is C13H21N3O6. The molecule has 0 radical (unpaired) electrons. The van der Waals surface area contributed by atoms with E-state index < -0.39 is 11.2 Å². The number of aliphatic hydroxyl groups is 1. The van der Waals surface area contributed by atoms with Crippen molar-refractivity contribution in [2.45, 2.75) is 26.0 Å². The first-order chi connectivity index (χ1) is 10.5. The molecule has 0 bridgehead atoms. The van der Waals surface area contributed by atoms with Gasteiger partial charge in [0.15, 0.2) is 0 Å². The molecule has 1 heterocycles. The van der Waals surface area contributed by atoms with Crippen molar-refractivity contribution >= 4 is 0 Å². The molecule has 2 N–H and O–H groups in total. The highest BCUT2D eigenvalue weighted by Gasteiger charge is 2.07. The van der Waals surface area contributed by atoms with Gasteiger partial charge in [-0.15, -0.1) is 10.1 Å². The van der Waals surface area contributed by atoms with Crippen LogP contribution in [0.5, 0.6) is 11.8 Å². The molecule has 0 saturated heterocycles. The number of ether oxygens (including phenoxy) is 2. The lowest BCUT2D eigenvalue weighted by atomic mass is 10.3. The van der Waals surface area contributed by atoms with Crippen molar-refractivity contribution in [3.05, 3.63) is 28.3 Å². The lowest BCUT2D eigenvalue weighted by Gasteiger charge is -2.14. The van der Waals surface area contributed by atoms with E-state index in [0.29, 0.717) is 12.4 Å². The highest BCUT2D eigenvalue weighted by molar-refractivity contribution is 5.19. The average molecular weight is 315 g/mol. The molecule has 124 valence electrons. The number of rotatable bonds is 11. The summed E-state index contributed by atoms with van der Waals surface area (Å²) in [7, 11) is 0. The standard InChI is InChI=1S/C13H21N3O6/c1-10(2)14-8-11(17)9-21-13-5-3-4-12(15-13)20-6-7-22-16(18)19/h3-5,10-11,14,17H,6-9H2,1-2H3. The molecule has 9 nitrogen and oxygen atoms in total. The summed E-state index contributed by atoms with van der Waals surface area (Å²) in [5.41, 5.74) is 0. The van der Waals surface area contributed by atoms with Gasteiger partial charge in [-0.2, -0.15) is 4.98 Å². The number of nitrogens with one attached hydrogen (secondary N) is 1. The van der Waals surface area contributed by atoms with Gasteiger partial charge >= 0.3 is 0 Å². The molecular weight excluding hydrogens is 294 g/mol. The van der Waals surface area contributed by atoms with Crippen molar-refractivity contribution in [3.63, 3.8) is 0 Å². The van der Waals surface area contributed by atoms with E-state index in [0.717, 1.165) is 0 Å². The van der Waals surface area contributed by atoms with Crippen LogP contribution in [0.4, 0.5) is 0 Å². The van der Waals surface area contributed by atoms with Crippen molar-refractivity contribution in [2.75, 3.05) is 26.4 Å². The van der Waals surface area contributed by atoms with Gasteiger partial charge in [-0.1, -0.05) is 19.9 Å². The number of aliphatic hydroxyl groups excluding tert-OH is 1. The minimum atomic E-state index is -0.886. The third kappa shape index (κ3) is 8.22. The molecule has 9 heteroatoms. The molecule has 0 aliphatic rings. The van der Waals surface area contributed by atoms with Crippen LogP contribution in [0.3, 0.4) is 0 Å². The first kappa shape index (κ1) is 17.9. The van der Waals surface area contributed by atoms with E-state index in [-0.39, 0.29) is 31.7 Å². The van der Waals surface area contributed by atoms with Crippen molar-refractivity contribution in [3.8, 4) is 11.8 Å². The van der Waals surface area contributed by atoms with Crippen LogP contribution in [0.2, 0.25) is 0 Å². The lowest BCUT2D eigenvalue weighted by molar-refractivity contribution is -0.757. The van der Waals surface area contributed by atoms with Gasteiger partial charge in [0.25, 0.3) is 5.09 Å². The van der Waals surface area contributed by atoms with E-state index in [4.69, 9.17) is 9.47 Å². The van der Waals surface area contributed by atoms with Crippen LogP contribution in [0.15, 0.2) is 18.2 Å². The van der Waals surface area contributed by atoms with Gasteiger partial charge in [0, 0.05) is 24.7 Å². The van der Waals surface area contributed by atoms with E-state index in [1.807, 2.05) is 13.8 Å². The predicted molar refractivity (Wildman–Crippen MR) is 77.3 cm³/mol. The van der Waals surface area contributed by atoms with Gasteiger partial charge in [-0.3, -0.25) is 0 Å². The minimum Gasteiger partial charge on any atom is -0.476 e. The molecule has 1 aromatic heterocycles. The molecule has 1 atom stereocenters. The van der Waals surface area contributed by atoms with E-state index in [1.165, 1.54) is 0 Å². The van der Waals surface area contributed by atoms with Crippen LogP contribution in [0, 0.1) is 10.1 Å². The first-order valence-electron chi connectivity index (χ1n) is 6.88. The normalized spacial score (nSPS) is 12.0. The Kier molecular flexibility index (Phi) is 7.94. The van der Waals surface area contributed by atoms with E-state index >= 15 is 0 Å². The molecule has 0 spiro atoms. The second-order valence-corrected chi connectivity index (χ2v) is 4.75. The van der Waals surface area contributed by atoms with Gasteiger partial charge in [0.2, 0.25) is 11.8 Å². The van der Waals surface area contributed by atoms with Crippen LogP contribution < -0.4 is 14.8 Å². The zero-order valence-electron chi connectivity index (χ0n) is 12.6. The summed E-state index contributed by atoms with van der Waals surface area (Å²) >= 11 is 0. The van der Waals surface area contributed by atoms with Crippen molar-refractivity contribution in [1.29, 1.82) is 0 Å². The number of hydrogen-bond donors (Lipinski definition) is 2. The van der Waals surface area contributed by atoms with Gasteiger partial charge in [-0.25, -0.2) is 0 Å². The van der Waals surface area contributed by atoms with E-state index in [1.54, 1.807) is 18.2 Å². The summed E-state index contributed by atoms with van der Waals surface area (Å²) in [6.45, 7) is 4.31. The van der Waals surface area contributed by atoms with Gasteiger partial charge < -0.3 is 24.7 Å². The van der Waals surface area contributed by atoms with Gasteiger partial charge in [0.05, 0.1) is 0 Å². The van der Waals surface area contributed by atoms with Crippen LogP contribution in [-0.4, -0.2) is 53.7 Å². The van der Waals surface area contributed by atoms with Gasteiger partial charge in [0.1, 0.15) is 25.9 Å². The first-order valence-corrected chi connectivity index (χ1v) is 6.88. The third-order valence-electron chi connectivity index (χ3n) is 2.41. The summed E-state index contributed by atoms with van der Waals surface area (Å²) in [6.07, 6.45) is -0.651. The summed E-state index contributed by atoms with van der Waals surface area (Å²) in [5.74, 6) is 0.565. The molecule has 1 unspecified atom stereocenters. The molecule has 0 aliphatic heterocycles. The van der Waals surface area contributed by atoms with Crippen LogP contribution in [-0.2, 0) is 4.84 Å². The predicted octanol–water partition coefficient (Wildman–Crippen LogP) is 0.406.